The van der Waals surface area contributed by atoms with E-state index in [1.54, 1.807) is 6.07 Å². The summed E-state index contributed by atoms with van der Waals surface area (Å²) in [6.07, 6.45) is 1.58. The van der Waals surface area contributed by atoms with Crippen molar-refractivity contribution >= 4 is 15.8 Å². The van der Waals surface area contributed by atoms with Crippen LogP contribution in [0, 0.1) is 22.9 Å². The maximum absolute atomic E-state index is 14.1. The molecular formula is C18H19FN2O5S. The summed E-state index contributed by atoms with van der Waals surface area (Å²) in [4.78, 5) is 9.93. The Morgan fingerprint density at radius 2 is 1.89 bits per heavy atom. The Labute approximate surface area is 156 Å². The Bertz CT molecular complexity index is 972. The maximum atomic E-state index is 14.1. The molecule has 3 rings (SSSR count). The zero-order valence-electron chi connectivity index (χ0n) is 14.6. The average molecular weight is 394 g/mol. The van der Waals surface area contributed by atoms with Gasteiger partial charge in [0.25, 0.3) is 5.69 Å². The fraction of sp³-hybridized carbons (Fsp3) is 0.333. The van der Waals surface area contributed by atoms with Crippen molar-refractivity contribution in [1.29, 1.82) is 0 Å². The van der Waals surface area contributed by atoms with Crippen molar-refractivity contribution in [3.05, 3.63) is 63.5 Å². The summed E-state index contributed by atoms with van der Waals surface area (Å²) in [5, 5.41) is 13.9. The van der Waals surface area contributed by atoms with Crippen LogP contribution in [0.4, 0.5) is 10.1 Å². The summed E-state index contributed by atoms with van der Waals surface area (Å²) in [5.41, 5.74) is 1.09. The fourth-order valence-electron chi connectivity index (χ4n) is 3.18. The van der Waals surface area contributed by atoms with Gasteiger partial charge in [-0.1, -0.05) is 17.7 Å². The lowest BCUT2D eigenvalue weighted by molar-refractivity contribution is -0.385. The number of nitro benzene ring substituents is 1. The largest absolute Gasteiger partial charge is 0.376 e. The number of nitrogens with zero attached hydrogens (tertiary/aromatic N) is 1. The van der Waals surface area contributed by atoms with Gasteiger partial charge in [0, 0.05) is 6.07 Å². The first kappa shape index (κ1) is 19.2. The lowest BCUT2D eigenvalue weighted by Gasteiger charge is -2.25. The highest BCUT2D eigenvalue weighted by Gasteiger charge is 2.27. The van der Waals surface area contributed by atoms with Crippen molar-refractivity contribution in [2.45, 2.75) is 30.6 Å². The zero-order chi connectivity index (χ0) is 19.6. The minimum Gasteiger partial charge on any atom is -0.376 e. The van der Waals surface area contributed by atoms with Gasteiger partial charge in [-0.3, -0.25) is 10.1 Å². The van der Waals surface area contributed by atoms with E-state index in [0.29, 0.717) is 11.6 Å². The summed E-state index contributed by atoms with van der Waals surface area (Å²) in [6.45, 7) is 3.45. The van der Waals surface area contributed by atoms with Gasteiger partial charge in [-0.15, -0.1) is 0 Å². The normalized spacial score (nSPS) is 15.5. The quantitative estimate of drug-likeness (QED) is 0.475. The van der Waals surface area contributed by atoms with Crippen LogP contribution in [-0.4, -0.2) is 26.4 Å². The minimum atomic E-state index is -4.30. The maximum Gasteiger partial charge on any atom is 0.339 e. The first-order chi connectivity index (χ1) is 12.8. The van der Waals surface area contributed by atoms with Gasteiger partial charge in [-0.05, 0) is 56.5 Å². The molecule has 1 aliphatic heterocycles. The molecule has 0 spiro atoms. The van der Waals surface area contributed by atoms with Crippen LogP contribution in [0.25, 0.3) is 0 Å². The lowest BCUT2D eigenvalue weighted by atomic mass is 9.89. The van der Waals surface area contributed by atoms with Crippen LogP contribution in [0.5, 0.6) is 5.75 Å². The summed E-state index contributed by atoms with van der Waals surface area (Å²) in [5.74, 6) is -1.62. The minimum absolute atomic E-state index is 0.00208. The molecule has 9 heteroatoms. The molecule has 1 saturated heterocycles. The predicted octanol–water partition coefficient (Wildman–Crippen LogP) is 3.28. The van der Waals surface area contributed by atoms with Crippen LogP contribution >= 0.6 is 0 Å². The number of benzene rings is 2. The molecule has 7 nitrogen and oxygen atoms in total. The summed E-state index contributed by atoms with van der Waals surface area (Å²) >= 11 is 0. The second kappa shape index (κ2) is 7.61. The van der Waals surface area contributed by atoms with E-state index >= 15 is 0 Å². The van der Waals surface area contributed by atoms with Crippen LogP contribution in [0.1, 0.15) is 29.9 Å². The first-order valence-corrected chi connectivity index (χ1v) is 9.88. The van der Waals surface area contributed by atoms with Crippen molar-refractivity contribution in [3.8, 4) is 5.75 Å². The second-order valence-electron chi connectivity index (χ2n) is 6.47. The number of nitro groups is 1. The molecule has 2 aromatic carbocycles. The molecule has 1 N–H and O–H groups in total. The Hall–Kier alpha value is -2.52. The van der Waals surface area contributed by atoms with Gasteiger partial charge in [0.05, 0.1) is 11.0 Å². The molecule has 0 radical (unpaired) electrons. The summed E-state index contributed by atoms with van der Waals surface area (Å²) in [7, 11) is -4.30. The Kier molecular flexibility index (Phi) is 5.43. The van der Waals surface area contributed by atoms with E-state index < -0.39 is 32.3 Å². The number of aryl methyl sites for hydroxylation is 1. The van der Waals surface area contributed by atoms with Crippen LogP contribution in [0.15, 0.2) is 41.3 Å². The van der Waals surface area contributed by atoms with Crippen LogP contribution in [0.2, 0.25) is 0 Å². The number of piperidine rings is 1. The zero-order valence-corrected chi connectivity index (χ0v) is 15.5. The molecule has 2 aromatic rings. The van der Waals surface area contributed by atoms with Crippen LogP contribution < -0.4 is 9.50 Å². The molecular weight excluding hydrogens is 375 g/mol. The van der Waals surface area contributed by atoms with Crippen molar-refractivity contribution < 1.29 is 21.9 Å². The van der Waals surface area contributed by atoms with E-state index in [-0.39, 0.29) is 10.8 Å². The molecule has 0 aromatic heterocycles. The number of nitrogens with one attached hydrogen (secondary N) is 1. The molecule has 144 valence electrons. The standard InChI is InChI=1S/C18H19FN2O5S/c1-12-2-5-18(15(10-12)13-6-8-20-9-7-13)27(24,25)26-17-4-3-14(21(22)23)11-16(17)19/h2-5,10-11,13,20H,6-9H2,1H3. The number of non-ortho nitro benzene ring substituents is 1. The van der Waals surface area contributed by atoms with Crippen molar-refractivity contribution in [3.63, 3.8) is 0 Å². The Morgan fingerprint density at radius 1 is 1.19 bits per heavy atom. The predicted molar refractivity (Wildman–Crippen MR) is 96.9 cm³/mol. The smallest absolute Gasteiger partial charge is 0.339 e. The van der Waals surface area contributed by atoms with Crippen molar-refractivity contribution in [1.82, 2.24) is 5.32 Å². The highest BCUT2D eigenvalue weighted by Crippen LogP contribution is 2.33. The molecule has 0 atom stereocenters. The average Bonchev–Trinajstić information content (AvgIpc) is 2.63. The molecule has 0 saturated carbocycles. The van der Waals surface area contributed by atoms with E-state index in [4.69, 9.17) is 4.18 Å². The van der Waals surface area contributed by atoms with E-state index in [1.165, 1.54) is 6.07 Å². The summed E-state index contributed by atoms with van der Waals surface area (Å²) < 4.78 is 44.7. The van der Waals surface area contributed by atoms with E-state index in [9.17, 15) is 22.9 Å². The van der Waals surface area contributed by atoms with Crippen molar-refractivity contribution in [2.75, 3.05) is 13.1 Å². The molecule has 0 aliphatic carbocycles. The third kappa shape index (κ3) is 4.25. The molecule has 1 aliphatic rings. The van der Waals surface area contributed by atoms with E-state index in [0.717, 1.165) is 43.6 Å². The fourth-order valence-corrected chi connectivity index (χ4v) is 4.39. The topological polar surface area (TPSA) is 98.5 Å². The highest BCUT2D eigenvalue weighted by molar-refractivity contribution is 7.87. The molecule has 0 amide bonds. The third-order valence-electron chi connectivity index (χ3n) is 4.54. The van der Waals surface area contributed by atoms with E-state index in [1.807, 2.05) is 13.0 Å². The first-order valence-electron chi connectivity index (χ1n) is 8.47. The van der Waals surface area contributed by atoms with Gasteiger partial charge < -0.3 is 9.50 Å². The number of halogens is 1. The Morgan fingerprint density at radius 3 is 2.52 bits per heavy atom. The van der Waals surface area contributed by atoms with E-state index in [2.05, 4.69) is 5.32 Å². The van der Waals surface area contributed by atoms with Gasteiger partial charge in [0.1, 0.15) is 4.90 Å². The van der Waals surface area contributed by atoms with Crippen molar-refractivity contribution in [2.24, 2.45) is 0 Å². The van der Waals surface area contributed by atoms with Gasteiger partial charge in [-0.2, -0.15) is 8.42 Å². The van der Waals surface area contributed by atoms with Crippen LogP contribution in [0.3, 0.4) is 0 Å². The monoisotopic (exact) mass is 394 g/mol. The third-order valence-corrected chi connectivity index (χ3v) is 5.85. The van der Waals surface area contributed by atoms with Gasteiger partial charge in [0.2, 0.25) is 0 Å². The molecule has 27 heavy (non-hydrogen) atoms. The SMILES string of the molecule is Cc1ccc(S(=O)(=O)Oc2ccc([N+](=O)[O-])cc2F)c(C2CCNCC2)c1. The van der Waals surface area contributed by atoms with Gasteiger partial charge in [0.15, 0.2) is 11.6 Å². The molecule has 1 fully saturated rings. The number of hydrogen-bond donors (Lipinski definition) is 1. The second-order valence-corrected chi connectivity index (χ2v) is 7.99. The van der Waals surface area contributed by atoms with Crippen LogP contribution in [-0.2, 0) is 10.1 Å². The highest BCUT2D eigenvalue weighted by atomic mass is 32.2. The number of hydrogen-bond acceptors (Lipinski definition) is 6. The number of rotatable bonds is 5. The molecule has 1 heterocycles. The molecule has 0 bridgehead atoms. The Balaban J connectivity index is 1.97. The summed E-state index contributed by atoms with van der Waals surface area (Å²) in [6, 6.07) is 7.52. The lowest BCUT2D eigenvalue weighted by Crippen LogP contribution is -2.27. The van der Waals surface area contributed by atoms with Gasteiger partial charge in [-0.25, -0.2) is 4.39 Å². The molecule has 0 unspecified atom stereocenters. The van der Waals surface area contributed by atoms with Gasteiger partial charge >= 0.3 is 10.1 Å².